The SMILES string of the molecule is CC(=O)N(C)Cc1cccc(NC2COC(C)(C)OC2)c1. The van der Waals surface area contributed by atoms with E-state index in [4.69, 9.17) is 9.47 Å². The molecule has 1 aromatic rings. The van der Waals surface area contributed by atoms with Crippen LogP contribution in [0.4, 0.5) is 5.69 Å². The Bertz CT molecular complexity index is 492. The molecule has 0 unspecified atom stereocenters. The highest BCUT2D eigenvalue weighted by atomic mass is 16.7. The lowest BCUT2D eigenvalue weighted by atomic mass is 10.1. The number of carbonyl (C=O) groups excluding carboxylic acids is 1. The Morgan fingerprint density at radius 3 is 2.67 bits per heavy atom. The van der Waals surface area contributed by atoms with Crippen LogP contribution in [0.15, 0.2) is 24.3 Å². The Morgan fingerprint density at radius 1 is 1.38 bits per heavy atom. The van der Waals surface area contributed by atoms with Crippen LogP contribution in [0.3, 0.4) is 0 Å². The lowest BCUT2D eigenvalue weighted by Crippen LogP contribution is -2.45. The minimum absolute atomic E-state index is 0.0599. The van der Waals surface area contributed by atoms with Crippen LogP contribution in [0.5, 0.6) is 0 Å². The largest absolute Gasteiger partial charge is 0.378 e. The number of rotatable bonds is 4. The molecule has 0 atom stereocenters. The Morgan fingerprint density at radius 2 is 2.05 bits per heavy atom. The van der Waals surface area contributed by atoms with Crippen LogP contribution in [0.2, 0.25) is 0 Å². The normalized spacial score (nSPS) is 18.3. The first-order valence-electron chi connectivity index (χ1n) is 7.21. The monoisotopic (exact) mass is 292 g/mol. The molecule has 1 heterocycles. The standard InChI is InChI=1S/C16H24N2O3/c1-12(19)18(4)9-13-6-5-7-14(8-13)17-15-10-20-16(2,3)21-11-15/h5-8,15,17H,9-11H2,1-4H3. The van der Waals surface area contributed by atoms with Gasteiger partial charge in [0.05, 0.1) is 19.3 Å². The average molecular weight is 292 g/mol. The molecule has 0 aliphatic carbocycles. The molecule has 2 rings (SSSR count). The van der Waals surface area contributed by atoms with Gasteiger partial charge in [-0.15, -0.1) is 0 Å². The number of hydrogen-bond donors (Lipinski definition) is 1. The molecule has 0 radical (unpaired) electrons. The first-order chi connectivity index (χ1) is 9.85. The molecule has 5 heteroatoms. The zero-order valence-corrected chi connectivity index (χ0v) is 13.2. The van der Waals surface area contributed by atoms with E-state index in [0.29, 0.717) is 19.8 Å². The van der Waals surface area contributed by atoms with Gasteiger partial charge in [0.25, 0.3) is 0 Å². The number of carbonyl (C=O) groups is 1. The number of ether oxygens (including phenoxy) is 2. The maximum Gasteiger partial charge on any atom is 0.219 e. The van der Waals surface area contributed by atoms with E-state index in [9.17, 15) is 4.79 Å². The topological polar surface area (TPSA) is 50.8 Å². The van der Waals surface area contributed by atoms with Gasteiger partial charge in [-0.3, -0.25) is 4.79 Å². The fourth-order valence-electron chi connectivity index (χ4n) is 2.16. The minimum Gasteiger partial charge on any atom is -0.378 e. The number of nitrogens with zero attached hydrogens (tertiary/aromatic N) is 1. The van der Waals surface area contributed by atoms with Gasteiger partial charge in [0.2, 0.25) is 5.91 Å². The molecule has 1 aromatic carbocycles. The number of hydrogen-bond acceptors (Lipinski definition) is 4. The smallest absolute Gasteiger partial charge is 0.219 e. The van der Waals surface area contributed by atoms with Crippen LogP contribution in [-0.4, -0.2) is 42.9 Å². The highest BCUT2D eigenvalue weighted by Crippen LogP contribution is 2.20. The Kier molecular flexibility index (Phi) is 4.85. The second kappa shape index (κ2) is 6.45. The summed E-state index contributed by atoms with van der Waals surface area (Å²) < 4.78 is 11.3. The van der Waals surface area contributed by atoms with Gasteiger partial charge in [-0.2, -0.15) is 0 Å². The van der Waals surface area contributed by atoms with E-state index < -0.39 is 5.79 Å². The van der Waals surface area contributed by atoms with E-state index >= 15 is 0 Å². The lowest BCUT2D eigenvalue weighted by molar-refractivity contribution is -0.247. The molecule has 116 valence electrons. The average Bonchev–Trinajstić information content (AvgIpc) is 2.41. The molecule has 0 saturated carbocycles. The first kappa shape index (κ1) is 15.8. The van der Waals surface area contributed by atoms with Gasteiger partial charge in [-0.25, -0.2) is 0 Å². The number of benzene rings is 1. The molecule has 0 aromatic heterocycles. The summed E-state index contributed by atoms with van der Waals surface area (Å²) >= 11 is 0. The van der Waals surface area contributed by atoms with Crippen LogP contribution < -0.4 is 5.32 Å². The summed E-state index contributed by atoms with van der Waals surface area (Å²) in [4.78, 5) is 13.0. The Balaban J connectivity index is 1.94. The predicted octanol–water partition coefficient (Wildman–Crippen LogP) is 2.23. The van der Waals surface area contributed by atoms with E-state index in [2.05, 4.69) is 11.4 Å². The van der Waals surface area contributed by atoms with Crippen molar-refractivity contribution in [2.45, 2.75) is 39.1 Å². The van der Waals surface area contributed by atoms with Crippen molar-refractivity contribution in [3.8, 4) is 0 Å². The summed E-state index contributed by atoms with van der Waals surface area (Å²) in [6.45, 7) is 7.24. The first-order valence-corrected chi connectivity index (χ1v) is 7.21. The zero-order chi connectivity index (χ0) is 15.5. The highest BCUT2D eigenvalue weighted by molar-refractivity contribution is 5.72. The Hall–Kier alpha value is -1.59. The third-order valence-corrected chi connectivity index (χ3v) is 3.52. The molecule has 0 bridgehead atoms. The van der Waals surface area contributed by atoms with Gasteiger partial charge in [0.1, 0.15) is 0 Å². The van der Waals surface area contributed by atoms with Gasteiger partial charge in [-0.1, -0.05) is 12.1 Å². The maximum absolute atomic E-state index is 11.3. The molecule has 1 aliphatic rings. The summed E-state index contributed by atoms with van der Waals surface area (Å²) in [5.41, 5.74) is 2.11. The number of amides is 1. The van der Waals surface area contributed by atoms with E-state index in [1.807, 2.05) is 32.0 Å². The molecule has 5 nitrogen and oxygen atoms in total. The molecular weight excluding hydrogens is 268 g/mol. The van der Waals surface area contributed by atoms with Crippen molar-refractivity contribution >= 4 is 11.6 Å². The number of anilines is 1. The van der Waals surface area contributed by atoms with Crippen molar-refractivity contribution < 1.29 is 14.3 Å². The second-order valence-electron chi connectivity index (χ2n) is 5.94. The highest BCUT2D eigenvalue weighted by Gasteiger charge is 2.28. The fourth-order valence-corrected chi connectivity index (χ4v) is 2.16. The number of nitrogens with one attached hydrogen (secondary N) is 1. The summed E-state index contributed by atoms with van der Waals surface area (Å²) in [6.07, 6.45) is 0. The van der Waals surface area contributed by atoms with Gasteiger partial charge < -0.3 is 19.7 Å². The molecule has 1 saturated heterocycles. The van der Waals surface area contributed by atoms with Crippen molar-refractivity contribution in [3.63, 3.8) is 0 Å². The zero-order valence-electron chi connectivity index (χ0n) is 13.2. The van der Waals surface area contributed by atoms with E-state index in [1.54, 1.807) is 18.9 Å². The maximum atomic E-state index is 11.3. The third kappa shape index (κ3) is 4.72. The molecule has 1 N–H and O–H groups in total. The van der Waals surface area contributed by atoms with E-state index in [0.717, 1.165) is 11.3 Å². The van der Waals surface area contributed by atoms with E-state index in [1.165, 1.54) is 0 Å². The van der Waals surface area contributed by atoms with Crippen LogP contribution in [0.1, 0.15) is 26.3 Å². The molecule has 1 amide bonds. The predicted molar refractivity (Wildman–Crippen MR) is 82.0 cm³/mol. The second-order valence-corrected chi connectivity index (χ2v) is 5.94. The fraction of sp³-hybridized carbons (Fsp3) is 0.562. The molecule has 21 heavy (non-hydrogen) atoms. The van der Waals surface area contributed by atoms with Gasteiger partial charge in [0, 0.05) is 26.2 Å². The van der Waals surface area contributed by atoms with E-state index in [-0.39, 0.29) is 11.9 Å². The van der Waals surface area contributed by atoms with Crippen molar-refractivity contribution in [1.82, 2.24) is 4.90 Å². The van der Waals surface area contributed by atoms with Crippen molar-refractivity contribution in [2.24, 2.45) is 0 Å². The lowest BCUT2D eigenvalue weighted by Gasteiger charge is -2.35. The summed E-state index contributed by atoms with van der Waals surface area (Å²) in [7, 11) is 1.80. The summed E-state index contributed by atoms with van der Waals surface area (Å²) in [6, 6.07) is 8.21. The minimum atomic E-state index is -0.496. The van der Waals surface area contributed by atoms with Gasteiger partial charge in [-0.05, 0) is 31.5 Å². The molecule has 1 aliphatic heterocycles. The van der Waals surface area contributed by atoms with Crippen molar-refractivity contribution in [1.29, 1.82) is 0 Å². The third-order valence-electron chi connectivity index (χ3n) is 3.52. The molecule has 0 spiro atoms. The van der Waals surface area contributed by atoms with Crippen molar-refractivity contribution in [3.05, 3.63) is 29.8 Å². The Labute approximate surface area is 126 Å². The quantitative estimate of drug-likeness (QED) is 0.924. The van der Waals surface area contributed by atoms with Gasteiger partial charge in [0.15, 0.2) is 5.79 Å². The van der Waals surface area contributed by atoms with Crippen molar-refractivity contribution in [2.75, 3.05) is 25.6 Å². The molecular formula is C16H24N2O3. The van der Waals surface area contributed by atoms with Crippen LogP contribution in [0, 0.1) is 0 Å². The van der Waals surface area contributed by atoms with Crippen LogP contribution in [-0.2, 0) is 20.8 Å². The van der Waals surface area contributed by atoms with Crippen LogP contribution >= 0.6 is 0 Å². The molecule has 1 fully saturated rings. The summed E-state index contributed by atoms with van der Waals surface area (Å²) in [5.74, 6) is -0.436. The van der Waals surface area contributed by atoms with Gasteiger partial charge >= 0.3 is 0 Å². The van der Waals surface area contributed by atoms with Crippen LogP contribution in [0.25, 0.3) is 0 Å². The summed E-state index contributed by atoms with van der Waals surface area (Å²) in [5, 5.41) is 3.41.